The first-order valence-corrected chi connectivity index (χ1v) is 9.74. The van der Waals surface area contributed by atoms with Crippen molar-refractivity contribution in [2.75, 3.05) is 5.32 Å². The van der Waals surface area contributed by atoms with Crippen molar-refractivity contribution in [2.45, 2.75) is 50.7 Å². The van der Waals surface area contributed by atoms with Gasteiger partial charge in [-0.3, -0.25) is 4.72 Å². The van der Waals surface area contributed by atoms with Gasteiger partial charge in [-0.15, -0.1) is 0 Å². The van der Waals surface area contributed by atoms with Crippen molar-refractivity contribution in [3.8, 4) is 0 Å². The number of aryl methyl sites for hydroxylation is 1. The zero-order valence-corrected chi connectivity index (χ0v) is 17.1. The molecule has 2 aromatic rings. The third-order valence-corrected chi connectivity index (χ3v) is 5.77. The van der Waals surface area contributed by atoms with E-state index in [9.17, 15) is 4.79 Å². The molecule has 27 heavy (non-hydrogen) atoms. The Kier molecular flexibility index (Phi) is 5.56. The van der Waals surface area contributed by atoms with Crippen molar-refractivity contribution >= 4 is 36.2 Å². The number of urea groups is 1. The number of nitrogens with one attached hydrogen (secondary N) is 2. The van der Waals surface area contributed by atoms with Gasteiger partial charge in [0.05, 0.1) is 11.2 Å². The third kappa shape index (κ3) is 4.67. The molecular weight excluding hydrogens is 359 g/mol. The van der Waals surface area contributed by atoms with Gasteiger partial charge < -0.3 is 14.6 Å². The highest BCUT2D eigenvalue weighted by molar-refractivity contribution is 7.98. The van der Waals surface area contributed by atoms with Crippen molar-refractivity contribution in [3.63, 3.8) is 0 Å². The molecule has 2 N–H and O–H groups in total. The minimum absolute atomic E-state index is 0.274. The molecule has 0 bridgehead atoms. The number of carbonyl (C=O) groups excluding carboxylic acids is 1. The quantitative estimate of drug-likeness (QED) is 0.615. The smallest absolute Gasteiger partial charge is 0.399 e. The first kappa shape index (κ1) is 19.8. The Morgan fingerprint density at radius 3 is 2.04 bits per heavy atom. The fraction of sp³-hybridized carbons (Fsp3) is 0.350. The van der Waals surface area contributed by atoms with Gasteiger partial charge in [0.1, 0.15) is 0 Å². The molecule has 0 atom stereocenters. The SMILES string of the molecule is Cc1ccc(SNC(=O)Nc2ccc(B3OC(C)(C)C(C)(C)O3)cc2)cc1. The van der Waals surface area contributed by atoms with Gasteiger partial charge in [-0.2, -0.15) is 0 Å². The molecule has 1 aliphatic heterocycles. The molecule has 2 amide bonds. The minimum atomic E-state index is -0.407. The van der Waals surface area contributed by atoms with Crippen LogP contribution in [-0.4, -0.2) is 24.4 Å². The van der Waals surface area contributed by atoms with Gasteiger partial charge >= 0.3 is 13.1 Å². The van der Waals surface area contributed by atoms with Crippen LogP contribution in [-0.2, 0) is 9.31 Å². The molecular formula is C20H25BN2O3S. The largest absolute Gasteiger partial charge is 0.494 e. The minimum Gasteiger partial charge on any atom is -0.399 e. The molecule has 0 saturated carbocycles. The molecule has 1 heterocycles. The number of benzene rings is 2. The van der Waals surface area contributed by atoms with Crippen LogP contribution in [0.25, 0.3) is 0 Å². The molecule has 142 valence electrons. The summed E-state index contributed by atoms with van der Waals surface area (Å²) in [5, 5.41) is 2.82. The van der Waals surface area contributed by atoms with Crippen LogP contribution in [0.2, 0.25) is 0 Å². The summed E-state index contributed by atoms with van der Waals surface area (Å²) in [5.74, 6) is 0. The second-order valence-corrected chi connectivity index (χ2v) is 8.56. The van der Waals surface area contributed by atoms with Gasteiger partial charge in [-0.05, 0) is 76.3 Å². The molecule has 2 aromatic carbocycles. The molecule has 7 heteroatoms. The number of hydrogen-bond acceptors (Lipinski definition) is 4. The van der Waals surface area contributed by atoms with Crippen molar-refractivity contribution in [1.29, 1.82) is 0 Å². The lowest BCUT2D eigenvalue weighted by molar-refractivity contribution is 0.00578. The second kappa shape index (κ2) is 7.58. The Morgan fingerprint density at radius 2 is 1.48 bits per heavy atom. The highest BCUT2D eigenvalue weighted by Crippen LogP contribution is 2.36. The van der Waals surface area contributed by atoms with E-state index in [2.05, 4.69) is 10.0 Å². The second-order valence-electron chi connectivity index (χ2n) is 7.68. The van der Waals surface area contributed by atoms with Crippen LogP contribution in [0, 0.1) is 6.92 Å². The van der Waals surface area contributed by atoms with Crippen LogP contribution >= 0.6 is 11.9 Å². The number of rotatable bonds is 4. The van der Waals surface area contributed by atoms with E-state index in [1.165, 1.54) is 17.5 Å². The summed E-state index contributed by atoms with van der Waals surface area (Å²) in [7, 11) is -0.407. The molecule has 1 saturated heterocycles. The van der Waals surface area contributed by atoms with E-state index < -0.39 is 7.12 Å². The number of amides is 2. The zero-order chi connectivity index (χ0) is 19.7. The summed E-state index contributed by atoms with van der Waals surface area (Å²) < 4.78 is 14.9. The van der Waals surface area contributed by atoms with Crippen LogP contribution in [0.1, 0.15) is 33.3 Å². The number of anilines is 1. The number of hydrogen-bond donors (Lipinski definition) is 2. The summed E-state index contributed by atoms with van der Waals surface area (Å²) in [4.78, 5) is 13.1. The Balaban J connectivity index is 1.55. The summed E-state index contributed by atoms with van der Waals surface area (Å²) in [6.07, 6.45) is 0. The van der Waals surface area contributed by atoms with E-state index in [-0.39, 0.29) is 17.2 Å². The van der Waals surface area contributed by atoms with Crippen LogP contribution in [0.15, 0.2) is 53.4 Å². The normalized spacial score (nSPS) is 17.6. The molecule has 1 fully saturated rings. The Labute approximate surface area is 165 Å². The van der Waals surface area contributed by atoms with Crippen LogP contribution in [0.5, 0.6) is 0 Å². The van der Waals surface area contributed by atoms with E-state index in [0.29, 0.717) is 5.69 Å². The Bertz CT molecular complexity index is 791. The van der Waals surface area contributed by atoms with E-state index in [4.69, 9.17) is 9.31 Å². The molecule has 0 radical (unpaired) electrons. The fourth-order valence-corrected chi connectivity index (χ4v) is 3.10. The first-order chi connectivity index (χ1) is 12.7. The summed E-state index contributed by atoms with van der Waals surface area (Å²) in [6, 6.07) is 15.2. The zero-order valence-electron chi connectivity index (χ0n) is 16.3. The number of carbonyl (C=O) groups is 1. The maximum atomic E-state index is 12.1. The van der Waals surface area contributed by atoms with E-state index in [0.717, 1.165) is 10.4 Å². The van der Waals surface area contributed by atoms with Crippen LogP contribution in [0.3, 0.4) is 0 Å². The van der Waals surface area contributed by atoms with Gasteiger partial charge in [0.25, 0.3) is 0 Å². The summed E-state index contributed by atoms with van der Waals surface area (Å²) in [6.45, 7) is 10.1. The van der Waals surface area contributed by atoms with E-state index in [1.807, 2.05) is 83.1 Å². The molecule has 0 unspecified atom stereocenters. The molecule has 3 rings (SSSR count). The maximum Gasteiger partial charge on any atom is 0.494 e. The molecule has 0 spiro atoms. The van der Waals surface area contributed by atoms with E-state index >= 15 is 0 Å². The average molecular weight is 384 g/mol. The van der Waals surface area contributed by atoms with Gasteiger partial charge in [0.2, 0.25) is 0 Å². The predicted octanol–water partition coefficient (Wildman–Crippen LogP) is 4.12. The highest BCUT2D eigenvalue weighted by Gasteiger charge is 2.51. The first-order valence-electron chi connectivity index (χ1n) is 8.92. The van der Waals surface area contributed by atoms with Crippen molar-refractivity contribution in [2.24, 2.45) is 0 Å². The summed E-state index contributed by atoms with van der Waals surface area (Å²) >= 11 is 1.28. The fourth-order valence-electron chi connectivity index (χ4n) is 2.57. The van der Waals surface area contributed by atoms with Crippen molar-refractivity contribution < 1.29 is 14.1 Å². The molecule has 0 aliphatic carbocycles. The Morgan fingerprint density at radius 1 is 0.926 bits per heavy atom. The summed E-state index contributed by atoms with van der Waals surface area (Å²) in [5.41, 5.74) is 2.07. The third-order valence-electron chi connectivity index (χ3n) is 4.98. The van der Waals surface area contributed by atoms with Gasteiger partial charge in [0, 0.05) is 10.6 Å². The molecule has 0 aromatic heterocycles. The Hall–Kier alpha value is -1.96. The van der Waals surface area contributed by atoms with Crippen LogP contribution in [0.4, 0.5) is 10.5 Å². The van der Waals surface area contributed by atoms with Gasteiger partial charge in [-0.1, -0.05) is 29.8 Å². The monoisotopic (exact) mass is 384 g/mol. The molecule has 5 nitrogen and oxygen atoms in total. The average Bonchev–Trinajstić information content (AvgIpc) is 2.83. The van der Waals surface area contributed by atoms with Gasteiger partial charge in [-0.25, -0.2) is 4.79 Å². The van der Waals surface area contributed by atoms with Crippen molar-refractivity contribution in [3.05, 3.63) is 54.1 Å². The predicted molar refractivity (Wildman–Crippen MR) is 111 cm³/mol. The lowest BCUT2D eigenvalue weighted by atomic mass is 9.79. The standard InChI is InChI=1S/C20H25BN2O3S/c1-14-6-12-17(13-7-14)27-23-18(24)22-16-10-8-15(9-11-16)21-25-19(2,3)20(4,5)26-21/h6-13H,1-5H3,(H2,22,23,24). The topological polar surface area (TPSA) is 59.6 Å². The van der Waals surface area contributed by atoms with Gasteiger partial charge in [0.15, 0.2) is 0 Å². The van der Waals surface area contributed by atoms with E-state index in [1.54, 1.807) is 0 Å². The van der Waals surface area contributed by atoms with Crippen LogP contribution < -0.4 is 15.5 Å². The lowest BCUT2D eigenvalue weighted by Crippen LogP contribution is -2.41. The molecule has 1 aliphatic rings. The maximum absolute atomic E-state index is 12.1. The highest BCUT2D eigenvalue weighted by atomic mass is 32.2. The lowest BCUT2D eigenvalue weighted by Gasteiger charge is -2.32. The van der Waals surface area contributed by atoms with Crippen molar-refractivity contribution in [1.82, 2.24) is 4.72 Å².